The van der Waals surface area contributed by atoms with Crippen molar-refractivity contribution in [3.05, 3.63) is 41.8 Å². The van der Waals surface area contributed by atoms with E-state index in [-0.39, 0.29) is 29.5 Å². The first kappa shape index (κ1) is 19.2. The number of aryl methyl sites for hydroxylation is 1. The maximum Gasteiger partial charge on any atom is 0.291 e. The van der Waals surface area contributed by atoms with E-state index in [1.807, 2.05) is 44.2 Å². The number of hydrogen-bond acceptors (Lipinski definition) is 4. The molecule has 0 fully saturated rings. The van der Waals surface area contributed by atoms with E-state index in [4.69, 9.17) is 10.2 Å². The van der Waals surface area contributed by atoms with Gasteiger partial charge in [-0.3, -0.25) is 4.79 Å². The maximum atomic E-state index is 12.6. The van der Waals surface area contributed by atoms with Crippen LogP contribution in [0.3, 0.4) is 0 Å². The average Bonchev–Trinajstić information content (AvgIpc) is 2.89. The number of amides is 1. The Bertz CT molecular complexity index is 653. The van der Waals surface area contributed by atoms with E-state index in [1.54, 1.807) is 18.9 Å². The number of aromatic nitrogens is 1. The van der Waals surface area contributed by atoms with Crippen molar-refractivity contribution in [3.63, 3.8) is 0 Å². The Morgan fingerprint density at radius 3 is 2.48 bits per heavy atom. The Morgan fingerprint density at radius 1 is 1.30 bits per heavy atom. The Labute approximate surface area is 143 Å². The summed E-state index contributed by atoms with van der Waals surface area (Å²) in [7, 11) is 1.75. The van der Waals surface area contributed by atoms with Crippen LogP contribution in [0.5, 0.6) is 0 Å². The van der Waals surface area contributed by atoms with Gasteiger partial charge in [-0.25, -0.2) is 4.98 Å². The molecule has 2 N–H and O–H groups in total. The summed E-state index contributed by atoms with van der Waals surface area (Å²) in [5.41, 5.74) is 7.05. The van der Waals surface area contributed by atoms with Crippen LogP contribution >= 0.6 is 12.4 Å². The summed E-state index contributed by atoms with van der Waals surface area (Å²) in [6, 6.07) is 9.55. The van der Waals surface area contributed by atoms with E-state index >= 15 is 0 Å². The zero-order valence-electron chi connectivity index (χ0n) is 14.0. The number of hydrogen-bond donors (Lipinski definition) is 1. The first-order valence-corrected chi connectivity index (χ1v) is 7.32. The van der Waals surface area contributed by atoms with Crippen molar-refractivity contribution in [2.45, 2.75) is 20.8 Å². The average molecular weight is 338 g/mol. The highest BCUT2D eigenvalue weighted by atomic mass is 35.5. The summed E-state index contributed by atoms with van der Waals surface area (Å²) in [5.74, 6) is 0.579. The van der Waals surface area contributed by atoms with Crippen LogP contribution in [-0.4, -0.2) is 35.9 Å². The monoisotopic (exact) mass is 337 g/mol. The maximum absolute atomic E-state index is 12.6. The number of carbonyl (C=O) groups is 1. The van der Waals surface area contributed by atoms with Crippen LogP contribution in [0.15, 0.2) is 34.7 Å². The molecule has 23 heavy (non-hydrogen) atoms. The van der Waals surface area contributed by atoms with Crippen molar-refractivity contribution in [3.8, 4) is 11.5 Å². The highest BCUT2D eigenvalue weighted by Gasteiger charge is 2.26. The molecule has 0 atom stereocenters. The molecule has 1 heterocycles. The van der Waals surface area contributed by atoms with E-state index in [1.165, 1.54) is 0 Å². The molecule has 1 amide bonds. The predicted octanol–water partition coefficient (Wildman–Crippen LogP) is 3.13. The molecule has 0 saturated heterocycles. The van der Waals surface area contributed by atoms with Crippen molar-refractivity contribution in [2.24, 2.45) is 11.1 Å². The van der Waals surface area contributed by atoms with E-state index in [2.05, 4.69) is 4.98 Å². The van der Waals surface area contributed by atoms with Gasteiger partial charge in [-0.15, -0.1) is 12.4 Å². The third-order valence-electron chi connectivity index (χ3n) is 3.58. The molecule has 0 aliphatic rings. The largest absolute Gasteiger partial charge is 0.431 e. The number of rotatable bonds is 5. The Morgan fingerprint density at radius 2 is 1.91 bits per heavy atom. The van der Waals surface area contributed by atoms with E-state index in [9.17, 15) is 4.79 Å². The van der Waals surface area contributed by atoms with Crippen LogP contribution in [-0.2, 0) is 0 Å². The number of halogens is 1. The third-order valence-corrected chi connectivity index (χ3v) is 3.58. The highest BCUT2D eigenvalue weighted by molar-refractivity contribution is 5.92. The molecule has 5 nitrogen and oxygen atoms in total. The smallest absolute Gasteiger partial charge is 0.291 e. The number of nitrogens with zero attached hydrogens (tertiary/aromatic N) is 2. The third kappa shape index (κ3) is 4.56. The minimum atomic E-state index is -0.172. The summed E-state index contributed by atoms with van der Waals surface area (Å²) in [4.78, 5) is 18.6. The van der Waals surface area contributed by atoms with Crippen molar-refractivity contribution in [2.75, 3.05) is 20.1 Å². The van der Waals surface area contributed by atoms with Crippen molar-refractivity contribution < 1.29 is 9.21 Å². The lowest BCUT2D eigenvalue weighted by Crippen LogP contribution is -2.39. The van der Waals surface area contributed by atoms with Gasteiger partial charge in [0.15, 0.2) is 0 Å². The van der Waals surface area contributed by atoms with Gasteiger partial charge in [-0.1, -0.05) is 32.0 Å². The fourth-order valence-corrected chi connectivity index (χ4v) is 2.25. The van der Waals surface area contributed by atoms with E-state index in [0.717, 1.165) is 5.56 Å². The zero-order valence-corrected chi connectivity index (χ0v) is 14.8. The molecule has 1 aromatic carbocycles. The number of nitrogens with two attached hydrogens (primary N) is 1. The van der Waals surface area contributed by atoms with Gasteiger partial charge in [-0.2, -0.15) is 0 Å². The molecule has 1 aromatic heterocycles. The SMILES string of the molecule is Cc1nc(-c2ccccc2)oc1C(=O)N(C)CC(C)(C)CN.Cl. The fourth-order valence-electron chi connectivity index (χ4n) is 2.25. The van der Waals surface area contributed by atoms with Crippen LogP contribution < -0.4 is 5.73 Å². The highest BCUT2D eigenvalue weighted by Crippen LogP contribution is 2.23. The molecule has 0 saturated carbocycles. The minimum absolute atomic E-state index is 0. The number of benzene rings is 1. The van der Waals surface area contributed by atoms with Gasteiger partial charge < -0.3 is 15.1 Å². The lowest BCUT2D eigenvalue weighted by molar-refractivity contribution is 0.0709. The normalized spacial score (nSPS) is 11.0. The summed E-state index contributed by atoms with van der Waals surface area (Å²) in [5, 5.41) is 0. The van der Waals surface area contributed by atoms with Crippen molar-refractivity contribution in [1.29, 1.82) is 0 Å². The second-order valence-corrected chi connectivity index (χ2v) is 6.33. The fraction of sp³-hybridized carbons (Fsp3) is 0.412. The molecule has 0 aliphatic carbocycles. The number of oxazole rings is 1. The zero-order chi connectivity index (χ0) is 16.3. The molecule has 0 aliphatic heterocycles. The van der Waals surface area contributed by atoms with Crippen molar-refractivity contribution in [1.82, 2.24) is 9.88 Å². The summed E-state index contributed by atoms with van der Waals surface area (Å²) < 4.78 is 5.70. The molecule has 0 bridgehead atoms. The Kier molecular flexibility index (Phi) is 6.36. The van der Waals surface area contributed by atoms with E-state index in [0.29, 0.717) is 24.7 Å². The second-order valence-electron chi connectivity index (χ2n) is 6.33. The first-order chi connectivity index (χ1) is 10.3. The van der Waals surface area contributed by atoms with Crippen molar-refractivity contribution >= 4 is 18.3 Å². The van der Waals surface area contributed by atoms with Gasteiger partial charge in [0.1, 0.15) is 0 Å². The van der Waals surface area contributed by atoms with Gasteiger partial charge in [0.25, 0.3) is 5.91 Å². The van der Waals surface area contributed by atoms with Gasteiger partial charge >= 0.3 is 0 Å². The van der Waals surface area contributed by atoms with Crippen LogP contribution in [0.25, 0.3) is 11.5 Å². The molecule has 2 aromatic rings. The van der Waals surface area contributed by atoms with E-state index < -0.39 is 0 Å². The molecule has 0 radical (unpaired) electrons. The van der Waals surface area contributed by atoms with Gasteiger partial charge in [0.05, 0.1) is 5.69 Å². The minimum Gasteiger partial charge on any atom is -0.431 e. The molecule has 0 spiro atoms. The van der Waals surface area contributed by atoms with Gasteiger partial charge in [0, 0.05) is 19.2 Å². The summed E-state index contributed by atoms with van der Waals surface area (Å²) in [6.45, 7) is 6.91. The quantitative estimate of drug-likeness (QED) is 0.909. The predicted molar refractivity (Wildman–Crippen MR) is 93.7 cm³/mol. The second kappa shape index (κ2) is 7.62. The standard InChI is InChI=1S/C17H23N3O2.ClH/c1-12-14(16(21)20(4)11-17(2,3)10-18)22-15(19-12)13-8-6-5-7-9-13;/h5-9H,10-11,18H2,1-4H3;1H. The lowest BCUT2D eigenvalue weighted by atomic mass is 9.93. The Hall–Kier alpha value is -1.85. The molecule has 126 valence electrons. The van der Waals surface area contributed by atoms with Crippen LogP contribution in [0.4, 0.5) is 0 Å². The molecular formula is C17H24ClN3O2. The molecule has 2 rings (SSSR count). The van der Waals surface area contributed by atoms with Crippen LogP contribution in [0.1, 0.15) is 30.1 Å². The first-order valence-electron chi connectivity index (χ1n) is 7.32. The summed E-state index contributed by atoms with van der Waals surface area (Å²) >= 11 is 0. The molecule has 6 heteroatoms. The topological polar surface area (TPSA) is 72.4 Å². The Balaban J connectivity index is 0.00000264. The van der Waals surface area contributed by atoms with Gasteiger partial charge in [-0.05, 0) is 31.0 Å². The number of carbonyl (C=O) groups excluding carboxylic acids is 1. The summed E-state index contributed by atoms with van der Waals surface area (Å²) in [6.07, 6.45) is 0. The van der Waals surface area contributed by atoms with Crippen LogP contribution in [0.2, 0.25) is 0 Å². The molecular weight excluding hydrogens is 314 g/mol. The molecule has 0 unspecified atom stereocenters. The van der Waals surface area contributed by atoms with Crippen LogP contribution in [0, 0.1) is 12.3 Å². The van der Waals surface area contributed by atoms with Gasteiger partial charge in [0.2, 0.25) is 11.7 Å². The lowest BCUT2D eigenvalue weighted by Gasteiger charge is -2.28.